The Balaban J connectivity index is 3.16. The molecule has 1 heterocycles. The second kappa shape index (κ2) is 2.96. The smallest absolute Gasteiger partial charge is 0.155 e. The first-order chi connectivity index (χ1) is 6.15. The van der Waals surface area contributed by atoms with Gasteiger partial charge >= 0.3 is 0 Å². The van der Waals surface area contributed by atoms with Crippen LogP contribution in [0.3, 0.4) is 0 Å². The minimum atomic E-state index is -3.02. The van der Waals surface area contributed by atoms with Crippen LogP contribution in [0.2, 0.25) is 0 Å². The second-order valence-corrected chi connectivity index (χ2v) is 7.79. The van der Waals surface area contributed by atoms with Crippen LogP contribution in [0.15, 0.2) is 0 Å². The maximum Gasteiger partial charge on any atom is 0.155 e. The number of nitrogens with zero attached hydrogens (tertiary/aromatic N) is 1. The van der Waals surface area contributed by atoms with Crippen molar-refractivity contribution in [2.45, 2.75) is 38.9 Å². The van der Waals surface area contributed by atoms with Crippen LogP contribution in [0, 0.1) is 22.7 Å². The van der Waals surface area contributed by atoms with Crippen LogP contribution < -0.4 is 0 Å². The summed E-state index contributed by atoms with van der Waals surface area (Å²) in [5.41, 5.74) is -0.562. The molecule has 0 amide bonds. The van der Waals surface area contributed by atoms with Crippen molar-refractivity contribution in [2.24, 2.45) is 11.3 Å². The van der Waals surface area contributed by atoms with Gasteiger partial charge in [0.25, 0.3) is 0 Å². The fourth-order valence-electron chi connectivity index (χ4n) is 2.41. The topological polar surface area (TPSA) is 57.9 Å². The molecule has 0 aliphatic carbocycles. The summed E-state index contributed by atoms with van der Waals surface area (Å²) < 4.78 is 22.7. The molecular formula is C10H17NO2S. The van der Waals surface area contributed by atoms with Crippen molar-refractivity contribution in [2.75, 3.05) is 5.75 Å². The molecule has 0 spiro atoms. The molecule has 1 rings (SSSR count). The number of hydrogen-bond donors (Lipinski definition) is 0. The summed E-state index contributed by atoms with van der Waals surface area (Å²) in [6, 6.07) is 2.21. The summed E-state index contributed by atoms with van der Waals surface area (Å²) in [5.74, 6) is 0.153. The van der Waals surface area contributed by atoms with Gasteiger partial charge in [-0.05, 0) is 40.0 Å². The molecule has 0 bridgehead atoms. The average Bonchev–Trinajstić information content (AvgIpc) is 2.23. The van der Waals surface area contributed by atoms with Gasteiger partial charge in [-0.25, -0.2) is 8.42 Å². The van der Waals surface area contributed by atoms with Crippen molar-refractivity contribution in [1.82, 2.24) is 0 Å². The Morgan fingerprint density at radius 2 is 1.93 bits per heavy atom. The lowest BCUT2D eigenvalue weighted by atomic mass is 9.72. The van der Waals surface area contributed by atoms with E-state index in [2.05, 4.69) is 6.07 Å². The molecule has 0 aromatic heterocycles. The number of hydrogen-bond acceptors (Lipinski definition) is 3. The Morgan fingerprint density at radius 3 is 2.21 bits per heavy atom. The van der Waals surface area contributed by atoms with E-state index in [9.17, 15) is 8.42 Å². The Morgan fingerprint density at radius 1 is 1.43 bits per heavy atom. The molecule has 0 N–H and O–H groups in total. The van der Waals surface area contributed by atoms with Crippen LogP contribution in [0.4, 0.5) is 0 Å². The van der Waals surface area contributed by atoms with Gasteiger partial charge in [0.2, 0.25) is 0 Å². The standard InChI is InChI=1S/C10H17NO2S/c1-9(2,7-11)8-5-6-14(12,13)10(8,3)4/h8H,5-6H2,1-4H3. The Hall–Kier alpha value is -0.560. The minimum absolute atomic E-state index is 0.0648. The van der Waals surface area contributed by atoms with E-state index in [4.69, 9.17) is 5.26 Å². The van der Waals surface area contributed by atoms with Crippen LogP contribution in [-0.2, 0) is 9.84 Å². The molecule has 14 heavy (non-hydrogen) atoms. The zero-order valence-electron chi connectivity index (χ0n) is 9.16. The molecule has 80 valence electrons. The molecule has 1 fully saturated rings. The fourth-order valence-corrected chi connectivity index (χ4v) is 4.33. The Labute approximate surface area is 86.0 Å². The zero-order valence-corrected chi connectivity index (χ0v) is 9.98. The molecule has 1 unspecified atom stereocenters. The van der Waals surface area contributed by atoms with E-state index in [0.29, 0.717) is 6.42 Å². The molecule has 0 aromatic rings. The predicted octanol–water partition coefficient (Wildman–Crippen LogP) is 1.75. The van der Waals surface area contributed by atoms with Crippen molar-refractivity contribution in [1.29, 1.82) is 5.26 Å². The first kappa shape index (κ1) is 11.5. The van der Waals surface area contributed by atoms with Gasteiger partial charge in [0.05, 0.1) is 22.0 Å². The lowest BCUT2D eigenvalue weighted by Gasteiger charge is -2.33. The SMILES string of the molecule is CC(C)(C#N)C1CCS(=O)(=O)C1(C)C. The minimum Gasteiger partial charge on any atom is -0.228 e. The summed E-state index contributed by atoms with van der Waals surface area (Å²) in [6.07, 6.45) is 0.607. The highest BCUT2D eigenvalue weighted by Crippen LogP contribution is 2.46. The maximum absolute atomic E-state index is 11.7. The first-order valence-corrected chi connectivity index (χ1v) is 6.44. The molecule has 0 aromatic carbocycles. The van der Waals surface area contributed by atoms with Gasteiger partial charge in [-0.2, -0.15) is 5.26 Å². The van der Waals surface area contributed by atoms with Crippen molar-refractivity contribution in [3.05, 3.63) is 0 Å². The highest BCUT2D eigenvalue weighted by molar-refractivity contribution is 7.93. The molecule has 1 saturated heterocycles. The van der Waals surface area contributed by atoms with E-state index in [-0.39, 0.29) is 11.7 Å². The molecule has 3 nitrogen and oxygen atoms in total. The van der Waals surface area contributed by atoms with E-state index in [1.807, 2.05) is 13.8 Å². The van der Waals surface area contributed by atoms with E-state index in [0.717, 1.165) is 0 Å². The summed E-state index contributed by atoms with van der Waals surface area (Å²) in [7, 11) is -3.02. The van der Waals surface area contributed by atoms with Gasteiger partial charge in [-0.1, -0.05) is 0 Å². The summed E-state index contributed by atoms with van der Waals surface area (Å²) in [4.78, 5) is 0. The van der Waals surface area contributed by atoms with Crippen LogP contribution >= 0.6 is 0 Å². The quantitative estimate of drug-likeness (QED) is 0.669. The van der Waals surface area contributed by atoms with Crippen LogP contribution in [0.25, 0.3) is 0 Å². The summed E-state index contributed by atoms with van der Waals surface area (Å²) >= 11 is 0. The van der Waals surface area contributed by atoms with Gasteiger partial charge in [0, 0.05) is 0 Å². The number of nitriles is 1. The Kier molecular flexibility index (Phi) is 2.44. The molecule has 1 aliphatic rings. The second-order valence-electron chi connectivity index (χ2n) is 5.10. The fraction of sp³-hybridized carbons (Fsp3) is 0.900. The third kappa shape index (κ3) is 1.44. The molecule has 1 atom stereocenters. The zero-order chi connectivity index (χ0) is 11.2. The lowest BCUT2D eigenvalue weighted by Crippen LogP contribution is -2.40. The number of sulfone groups is 1. The van der Waals surface area contributed by atoms with E-state index in [1.54, 1.807) is 13.8 Å². The maximum atomic E-state index is 11.7. The summed E-state index contributed by atoms with van der Waals surface area (Å²) in [5, 5.41) is 9.01. The highest BCUT2D eigenvalue weighted by Gasteiger charge is 2.53. The molecular weight excluding hydrogens is 198 g/mol. The molecule has 0 radical (unpaired) electrons. The molecule has 1 aliphatic heterocycles. The van der Waals surface area contributed by atoms with E-state index >= 15 is 0 Å². The van der Waals surface area contributed by atoms with Crippen molar-refractivity contribution >= 4 is 9.84 Å². The van der Waals surface area contributed by atoms with Gasteiger partial charge in [-0.3, -0.25) is 0 Å². The van der Waals surface area contributed by atoms with E-state index in [1.165, 1.54) is 0 Å². The summed E-state index contributed by atoms with van der Waals surface area (Å²) in [6.45, 7) is 7.11. The van der Waals surface area contributed by atoms with Crippen LogP contribution in [0.1, 0.15) is 34.1 Å². The normalized spacial score (nSPS) is 29.8. The van der Waals surface area contributed by atoms with Crippen molar-refractivity contribution < 1.29 is 8.42 Å². The first-order valence-electron chi connectivity index (χ1n) is 4.79. The Bertz CT molecular complexity index is 373. The van der Waals surface area contributed by atoms with Gasteiger partial charge in [-0.15, -0.1) is 0 Å². The van der Waals surface area contributed by atoms with Crippen molar-refractivity contribution in [3.8, 4) is 6.07 Å². The third-order valence-electron chi connectivity index (χ3n) is 3.48. The lowest BCUT2D eigenvalue weighted by molar-refractivity contribution is 0.245. The monoisotopic (exact) mass is 215 g/mol. The molecule has 4 heteroatoms. The van der Waals surface area contributed by atoms with E-state index < -0.39 is 20.0 Å². The largest absolute Gasteiger partial charge is 0.228 e. The number of rotatable bonds is 1. The highest BCUT2D eigenvalue weighted by atomic mass is 32.2. The van der Waals surface area contributed by atoms with Gasteiger partial charge in [0.15, 0.2) is 9.84 Å². The van der Waals surface area contributed by atoms with Crippen LogP contribution in [-0.4, -0.2) is 18.9 Å². The van der Waals surface area contributed by atoms with Crippen LogP contribution in [0.5, 0.6) is 0 Å². The average molecular weight is 215 g/mol. The van der Waals surface area contributed by atoms with Gasteiger partial charge < -0.3 is 0 Å². The third-order valence-corrected chi connectivity index (χ3v) is 6.14. The van der Waals surface area contributed by atoms with Gasteiger partial charge in [0.1, 0.15) is 0 Å². The van der Waals surface area contributed by atoms with Crippen molar-refractivity contribution in [3.63, 3.8) is 0 Å². The molecule has 0 saturated carbocycles. The predicted molar refractivity (Wildman–Crippen MR) is 55.4 cm³/mol.